The van der Waals surface area contributed by atoms with Gasteiger partial charge in [0.05, 0.1) is 12.0 Å². The average Bonchev–Trinajstić information content (AvgIpc) is 3.31. The molecule has 1 N–H and O–H groups in total. The third-order valence-electron chi connectivity index (χ3n) is 7.41. The molecule has 2 aliphatic heterocycles. The molecule has 0 atom stereocenters. The van der Waals surface area contributed by atoms with Gasteiger partial charge in [0.15, 0.2) is 18.1 Å². The molecule has 5 rings (SSSR count). The number of hydrogen-bond donors (Lipinski definition) is 1. The molecule has 0 aromatic heterocycles. The van der Waals surface area contributed by atoms with Crippen molar-refractivity contribution < 1.29 is 28.7 Å². The molecule has 4 amide bonds. The first-order valence-electron chi connectivity index (χ1n) is 14.4. The predicted molar refractivity (Wildman–Crippen MR) is 171 cm³/mol. The predicted octanol–water partition coefficient (Wildman–Crippen LogP) is 4.66. The number of piperazine rings is 1. The Hall–Kier alpha value is -4.77. The highest BCUT2D eigenvalue weighted by Gasteiger charge is 2.37. The summed E-state index contributed by atoms with van der Waals surface area (Å²) in [5.41, 5.74) is 3.56. The van der Waals surface area contributed by atoms with Crippen LogP contribution in [-0.4, -0.2) is 79.2 Å². The Morgan fingerprint density at radius 3 is 2.34 bits per heavy atom. The van der Waals surface area contributed by atoms with Crippen LogP contribution in [0.5, 0.6) is 11.5 Å². The number of nitrogens with one attached hydrogen (secondary N) is 1. The average molecular weight is 615 g/mol. The van der Waals surface area contributed by atoms with E-state index in [1.165, 1.54) is 12.7 Å². The van der Waals surface area contributed by atoms with Crippen molar-refractivity contribution in [2.45, 2.75) is 13.3 Å². The summed E-state index contributed by atoms with van der Waals surface area (Å²) in [6.07, 6.45) is 2.49. The van der Waals surface area contributed by atoms with Crippen molar-refractivity contribution in [3.8, 4) is 11.5 Å². The zero-order valence-corrected chi connectivity index (χ0v) is 25.5. The van der Waals surface area contributed by atoms with Crippen molar-refractivity contribution in [1.29, 1.82) is 0 Å². The molecule has 2 fully saturated rings. The topological polar surface area (TPSA) is 108 Å². The Bertz CT molecular complexity index is 1550. The number of anilines is 2. The summed E-state index contributed by atoms with van der Waals surface area (Å²) in [4.78, 5) is 56.3. The Labute approximate surface area is 260 Å². The number of aryl methyl sites for hydroxylation is 1. The van der Waals surface area contributed by atoms with E-state index in [1.807, 2.05) is 54.6 Å². The van der Waals surface area contributed by atoms with Crippen molar-refractivity contribution in [1.82, 2.24) is 9.80 Å². The van der Waals surface area contributed by atoms with Gasteiger partial charge in [-0.05, 0) is 71.8 Å². The molecule has 44 heavy (non-hydrogen) atoms. The highest BCUT2D eigenvalue weighted by molar-refractivity contribution is 8.18. The van der Waals surface area contributed by atoms with Crippen LogP contribution in [0.15, 0.2) is 77.7 Å². The van der Waals surface area contributed by atoms with Gasteiger partial charge in [-0.1, -0.05) is 43.3 Å². The third kappa shape index (κ3) is 7.41. The van der Waals surface area contributed by atoms with Crippen LogP contribution in [0.3, 0.4) is 0 Å². The van der Waals surface area contributed by atoms with Gasteiger partial charge in [-0.3, -0.25) is 24.1 Å². The van der Waals surface area contributed by atoms with E-state index in [-0.39, 0.29) is 29.9 Å². The van der Waals surface area contributed by atoms with Crippen molar-refractivity contribution in [3.63, 3.8) is 0 Å². The lowest BCUT2D eigenvalue weighted by atomic mass is 10.1. The fraction of sp³-hybridized carbons (Fsp3) is 0.273. The first kappa shape index (κ1) is 30.7. The first-order valence-corrected chi connectivity index (χ1v) is 15.2. The molecule has 0 unspecified atom stereocenters. The number of carbonyl (C=O) groups excluding carboxylic acids is 4. The van der Waals surface area contributed by atoms with Crippen LogP contribution in [0, 0.1) is 0 Å². The highest BCUT2D eigenvalue weighted by Crippen LogP contribution is 2.34. The molecule has 0 bridgehead atoms. The van der Waals surface area contributed by atoms with Crippen molar-refractivity contribution >= 4 is 52.2 Å². The van der Waals surface area contributed by atoms with Gasteiger partial charge in [-0.15, -0.1) is 0 Å². The van der Waals surface area contributed by atoms with Gasteiger partial charge >= 0.3 is 0 Å². The number of hydrogen-bond acceptors (Lipinski definition) is 8. The minimum absolute atomic E-state index is 0.209. The lowest BCUT2D eigenvalue weighted by Crippen LogP contribution is -2.51. The SMILES string of the molecule is CCc1ccc(NC(=O)COc2ccc(/C=C3\SC(=O)N(CC(=O)N4CCN(c5ccccc5)CC4)C3=O)cc2OC)cc1. The number of nitrogens with zero attached hydrogens (tertiary/aromatic N) is 3. The molecule has 3 aromatic carbocycles. The molecular formula is C33H34N4O6S. The van der Waals surface area contributed by atoms with E-state index < -0.39 is 11.1 Å². The second-order valence-electron chi connectivity index (χ2n) is 10.3. The van der Waals surface area contributed by atoms with Crippen LogP contribution in [0.1, 0.15) is 18.1 Å². The van der Waals surface area contributed by atoms with Crippen LogP contribution >= 0.6 is 11.8 Å². The van der Waals surface area contributed by atoms with Gasteiger partial charge in [-0.25, -0.2) is 0 Å². The lowest BCUT2D eigenvalue weighted by Gasteiger charge is -2.36. The van der Waals surface area contributed by atoms with Crippen LogP contribution in [0.2, 0.25) is 0 Å². The third-order valence-corrected chi connectivity index (χ3v) is 8.32. The van der Waals surface area contributed by atoms with E-state index in [4.69, 9.17) is 9.47 Å². The Kier molecular flexibility index (Phi) is 9.86. The Morgan fingerprint density at radius 1 is 0.932 bits per heavy atom. The summed E-state index contributed by atoms with van der Waals surface area (Å²) in [7, 11) is 1.47. The minimum atomic E-state index is -0.515. The molecule has 0 aliphatic carbocycles. The number of thioether (sulfide) groups is 1. The highest BCUT2D eigenvalue weighted by atomic mass is 32.2. The molecule has 2 heterocycles. The van der Waals surface area contributed by atoms with Crippen molar-refractivity contribution in [2.24, 2.45) is 0 Å². The van der Waals surface area contributed by atoms with Gasteiger partial charge in [0.25, 0.3) is 17.1 Å². The number of amides is 4. The Balaban J connectivity index is 1.15. The van der Waals surface area contributed by atoms with E-state index in [0.717, 1.165) is 28.8 Å². The molecule has 0 saturated carbocycles. The van der Waals surface area contributed by atoms with Crippen molar-refractivity contribution in [3.05, 3.63) is 88.8 Å². The summed E-state index contributed by atoms with van der Waals surface area (Å²) >= 11 is 0.792. The molecule has 228 valence electrons. The molecule has 10 nitrogen and oxygen atoms in total. The quantitative estimate of drug-likeness (QED) is 0.329. The van der Waals surface area contributed by atoms with E-state index in [2.05, 4.69) is 17.1 Å². The zero-order chi connectivity index (χ0) is 31.1. The van der Waals surface area contributed by atoms with E-state index >= 15 is 0 Å². The molecule has 2 saturated heterocycles. The minimum Gasteiger partial charge on any atom is -0.493 e. The van der Waals surface area contributed by atoms with Gasteiger partial charge < -0.3 is 24.6 Å². The van der Waals surface area contributed by atoms with Crippen LogP contribution in [-0.2, 0) is 20.8 Å². The number of methoxy groups -OCH3 is 1. The fourth-order valence-electron chi connectivity index (χ4n) is 4.93. The second kappa shape index (κ2) is 14.1. The summed E-state index contributed by atoms with van der Waals surface area (Å²) in [6.45, 7) is 3.93. The molecule has 0 radical (unpaired) electrons. The number of rotatable bonds is 10. The summed E-state index contributed by atoms with van der Waals surface area (Å²) in [6, 6.07) is 22.6. The zero-order valence-electron chi connectivity index (χ0n) is 24.7. The van der Waals surface area contributed by atoms with E-state index in [9.17, 15) is 19.2 Å². The Morgan fingerprint density at radius 2 is 1.66 bits per heavy atom. The first-order chi connectivity index (χ1) is 21.3. The number of benzene rings is 3. The van der Waals surface area contributed by atoms with Gasteiger partial charge in [0.1, 0.15) is 6.54 Å². The molecule has 0 spiro atoms. The summed E-state index contributed by atoms with van der Waals surface area (Å²) in [5.74, 6) is -0.373. The van der Waals surface area contributed by atoms with Crippen molar-refractivity contribution in [2.75, 3.05) is 56.7 Å². The maximum atomic E-state index is 13.1. The van der Waals surface area contributed by atoms with E-state index in [1.54, 1.807) is 29.2 Å². The maximum absolute atomic E-state index is 13.1. The fourth-order valence-corrected chi connectivity index (χ4v) is 5.77. The van der Waals surface area contributed by atoms with Crippen LogP contribution in [0.25, 0.3) is 6.08 Å². The largest absolute Gasteiger partial charge is 0.493 e. The maximum Gasteiger partial charge on any atom is 0.294 e. The molecule has 2 aliphatic rings. The smallest absolute Gasteiger partial charge is 0.294 e. The monoisotopic (exact) mass is 614 g/mol. The second-order valence-corrected chi connectivity index (χ2v) is 11.3. The van der Waals surface area contributed by atoms with Crippen LogP contribution < -0.4 is 19.7 Å². The van der Waals surface area contributed by atoms with E-state index in [0.29, 0.717) is 48.9 Å². The lowest BCUT2D eigenvalue weighted by molar-refractivity contribution is -0.136. The number of ether oxygens (including phenoxy) is 2. The number of imide groups is 1. The van der Waals surface area contributed by atoms with Gasteiger partial charge in [0.2, 0.25) is 5.91 Å². The molecular weight excluding hydrogens is 580 g/mol. The van der Waals surface area contributed by atoms with Gasteiger partial charge in [-0.2, -0.15) is 0 Å². The summed E-state index contributed by atoms with van der Waals surface area (Å²) in [5, 5.41) is 2.31. The molecule has 3 aromatic rings. The normalized spacial score (nSPS) is 16.0. The number of carbonyl (C=O) groups is 4. The standard InChI is InChI=1S/C33H34N4O6S/c1-3-23-9-12-25(13-10-23)34-30(38)22-43-27-14-11-24(19-28(27)42-2)20-29-32(40)37(33(41)44-29)21-31(39)36-17-15-35(16-18-36)26-7-5-4-6-8-26/h4-14,19-20H,3,15-18,21-22H2,1-2H3,(H,34,38)/b29-20-. The summed E-state index contributed by atoms with van der Waals surface area (Å²) < 4.78 is 11.1. The molecule has 11 heteroatoms. The van der Waals surface area contributed by atoms with Gasteiger partial charge in [0, 0.05) is 37.6 Å². The number of para-hydroxylation sites is 1. The van der Waals surface area contributed by atoms with Crippen LogP contribution in [0.4, 0.5) is 16.2 Å².